The van der Waals surface area contributed by atoms with Gasteiger partial charge in [-0.1, -0.05) is 11.6 Å². The molecule has 136 valence electrons. The van der Waals surface area contributed by atoms with Gasteiger partial charge in [-0.15, -0.1) is 0 Å². The van der Waals surface area contributed by atoms with Gasteiger partial charge >= 0.3 is 0 Å². The molecular formula is C20H22ClN3O2. The van der Waals surface area contributed by atoms with Gasteiger partial charge in [0.2, 0.25) is 11.8 Å². The van der Waals surface area contributed by atoms with Gasteiger partial charge < -0.3 is 15.5 Å². The van der Waals surface area contributed by atoms with Crippen molar-refractivity contribution in [3.8, 4) is 0 Å². The number of halogens is 1. The standard InChI is InChI=1S/C20H22ClN3O2/c1-13-12-17(9-10-18(13)24-11-3-4-19(24)25)22-14(2)20(26)23-16-7-5-15(21)6-8-16/h5-10,12,14,22H,3-4,11H2,1-2H3,(H,23,26)/t14-/m0/s1. The monoisotopic (exact) mass is 371 g/mol. The highest BCUT2D eigenvalue weighted by molar-refractivity contribution is 6.30. The lowest BCUT2D eigenvalue weighted by Crippen LogP contribution is -2.32. The number of carbonyl (C=O) groups excluding carboxylic acids is 2. The van der Waals surface area contributed by atoms with Crippen molar-refractivity contribution < 1.29 is 9.59 Å². The van der Waals surface area contributed by atoms with Crippen LogP contribution >= 0.6 is 11.6 Å². The Labute approximate surface area is 158 Å². The first-order chi connectivity index (χ1) is 12.4. The van der Waals surface area contributed by atoms with Crippen molar-refractivity contribution in [3.63, 3.8) is 0 Å². The van der Waals surface area contributed by atoms with Gasteiger partial charge in [0, 0.05) is 35.1 Å². The largest absolute Gasteiger partial charge is 0.374 e. The Morgan fingerprint density at radius 2 is 1.85 bits per heavy atom. The van der Waals surface area contributed by atoms with Crippen molar-refractivity contribution in [1.29, 1.82) is 0 Å². The van der Waals surface area contributed by atoms with Crippen molar-refractivity contribution in [2.24, 2.45) is 0 Å². The van der Waals surface area contributed by atoms with E-state index in [1.165, 1.54) is 0 Å². The Balaban J connectivity index is 1.64. The highest BCUT2D eigenvalue weighted by atomic mass is 35.5. The predicted octanol–water partition coefficient (Wildman–Crippen LogP) is 4.21. The third-order valence-electron chi connectivity index (χ3n) is 4.45. The summed E-state index contributed by atoms with van der Waals surface area (Å²) in [6, 6.07) is 12.4. The first kappa shape index (κ1) is 18.3. The van der Waals surface area contributed by atoms with Crippen molar-refractivity contribution in [2.45, 2.75) is 32.7 Å². The summed E-state index contributed by atoms with van der Waals surface area (Å²) in [6.45, 7) is 4.55. The van der Waals surface area contributed by atoms with Crippen LogP contribution in [0.15, 0.2) is 42.5 Å². The van der Waals surface area contributed by atoms with Crippen LogP contribution < -0.4 is 15.5 Å². The number of amides is 2. The van der Waals surface area contributed by atoms with E-state index in [1.54, 1.807) is 31.2 Å². The number of rotatable bonds is 5. The number of hydrogen-bond acceptors (Lipinski definition) is 3. The zero-order valence-corrected chi connectivity index (χ0v) is 15.6. The van der Waals surface area contributed by atoms with Gasteiger partial charge in [0.25, 0.3) is 0 Å². The molecule has 0 aromatic heterocycles. The Morgan fingerprint density at radius 1 is 1.15 bits per heavy atom. The van der Waals surface area contributed by atoms with Crippen LogP contribution in [0.5, 0.6) is 0 Å². The van der Waals surface area contributed by atoms with E-state index in [1.807, 2.05) is 30.0 Å². The molecule has 1 fully saturated rings. The maximum absolute atomic E-state index is 12.3. The van der Waals surface area contributed by atoms with Crippen LogP contribution in [0.2, 0.25) is 5.02 Å². The SMILES string of the molecule is Cc1cc(N[C@@H](C)C(=O)Nc2ccc(Cl)cc2)ccc1N1CCCC1=O. The molecule has 0 aliphatic carbocycles. The molecule has 1 aliphatic heterocycles. The lowest BCUT2D eigenvalue weighted by molar-refractivity contribution is -0.117. The van der Waals surface area contributed by atoms with Crippen molar-refractivity contribution in [1.82, 2.24) is 0 Å². The topological polar surface area (TPSA) is 61.4 Å². The van der Waals surface area contributed by atoms with Gasteiger partial charge in [-0.2, -0.15) is 0 Å². The molecule has 2 aromatic carbocycles. The van der Waals surface area contributed by atoms with E-state index in [-0.39, 0.29) is 11.8 Å². The van der Waals surface area contributed by atoms with E-state index in [0.29, 0.717) is 17.1 Å². The van der Waals surface area contributed by atoms with Crippen LogP contribution in [0.4, 0.5) is 17.1 Å². The number of nitrogens with one attached hydrogen (secondary N) is 2. The lowest BCUT2D eigenvalue weighted by Gasteiger charge is -2.20. The van der Waals surface area contributed by atoms with E-state index in [9.17, 15) is 9.59 Å². The van der Waals surface area contributed by atoms with E-state index in [0.717, 1.165) is 29.9 Å². The Morgan fingerprint density at radius 3 is 2.46 bits per heavy atom. The quantitative estimate of drug-likeness (QED) is 0.827. The van der Waals surface area contributed by atoms with Crippen LogP contribution in [0.25, 0.3) is 0 Å². The van der Waals surface area contributed by atoms with Crippen molar-refractivity contribution >= 4 is 40.5 Å². The highest BCUT2D eigenvalue weighted by Gasteiger charge is 2.23. The third-order valence-corrected chi connectivity index (χ3v) is 4.70. The van der Waals surface area contributed by atoms with E-state index < -0.39 is 6.04 Å². The van der Waals surface area contributed by atoms with Crippen LogP contribution in [0.3, 0.4) is 0 Å². The zero-order valence-electron chi connectivity index (χ0n) is 14.9. The molecule has 0 unspecified atom stereocenters. The van der Waals surface area contributed by atoms with Gasteiger partial charge in [-0.05, 0) is 68.3 Å². The van der Waals surface area contributed by atoms with E-state index >= 15 is 0 Å². The second-order valence-corrected chi connectivity index (χ2v) is 6.95. The minimum atomic E-state index is -0.413. The van der Waals surface area contributed by atoms with Crippen LogP contribution in [-0.4, -0.2) is 24.4 Å². The first-order valence-electron chi connectivity index (χ1n) is 8.68. The smallest absolute Gasteiger partial charge is 0.246 e. The first-order valence-corrected chi connectivity index (χ1v) is 9.06. The van der Waals surface area contributed by atoms with E-state index in [2.05, 4.69) is 10.6 Å². The summed E-state index contributed by atoms with van der Waals surface area (Å²) in [5.74, 6) is 0.0355. The fourth-order valence-electron chi connectivity index (χ4n) is 3.05. The molecule has 0 saturated carbocycles. The molecule has 6 heteroatoms. The molecule has 2 N–H and O–H groups in total. The Bertz CT molecular complexity index is 820. The van der Waals surface area contributed by atoms with Gasteiger partial charge in [-0.25, -0.2) is 0 Å². The van der Waals surface area contributed by atoms with Crippen LogP contribution in [-0.2, 0) is 9.59 Å². The fourth-order valence-corrected chi connectivity index (χ4v) is 3.18. The molecule has 2 aromatic rings. The van der Waals surface area contributed by atoms with Crippen LogP contribution in [0.1, 0.15) is 25.3 Å². The van der Waals surface area contributed by atoms with Gasteiger partial charge in [0.1, 0.15) is 6.04 Å². The second kappa shape index (κ2) is 7.79. The normalized spacial score (nSPS) is 15.0. The molecule has 1 aliphatic rings. The molecule has 26 heavy (non-hydrogen) atoms. The minimum absolute atomic E-state index is 0.135. The number of hydrogen-bond donors (Lipinski definition) is 2. The summed E-state index contributed by atoms with van der Waals surface area (Å²) in [5.41, 5.74) is 3.50. The van der Waals surface area contributed by atoms with Gasteiger partial charge in [0.05, 0.1) is 0 Å². The molecule has 3 rings (SSSR count). The number of carbonyl (C=O) groups is 2. The maximum Gasteiger partial charge on any atom is 0.246 e. The second-order valence-electron chi connectivity index (χ2n) is 6.51. The summed E-state index contributed by atoms with van der Waals surface area (Å²) >= 11 is 5.85. The Kier molecular flexibility index (Phi) is 5.47. The van der Waals surface area contributed by atoms with E-state index in [4.69, 9.17) is 11.6 Å². The van der Waals surface area contributed by atoms with Crippen molar-refractivity contribution in [2.75, 3.05) is 22.1 Å². The molecule has 0 spiro atoms. The molecule has 2 amide bonds. The number of anilines is 3. The molecule has 1 atom stereocenters. The lowest BCUT2D eigenvalue weighted by atomic mass is 10.1. The summed E-state index contributed by atoms with van der Waals surface area (Å²) in [5, 5.41) is 6.68. The molecule has 0 bridgehead atoms. The highest BCUT2D eigenvalue weighted by Crippen LogP contribution is 2.27. The predicted molar refractivity (Wildman–Crippen MR) is 106 cm³/mol. The maximum atomic E-state index is 12.3. The zero-order chi connectivity index (χ0) is 18.7. The number of benzene rings is 2. The average Bonchev–Trinajstić information content (AvgIpc) is 3.03. The summed E-state index contributed by atoms with van der Waals surface area (Å²) in [6.07, 6.45) is 1.52. The molecular weight excluding hydrogens is 350 g/mol. The average molecular weight is 372 g/mol. The van der Waals surface area contributed by atoms with Gasteiger partial charge in [0.15, 0.2) is 0 Å². The molecule has 1 saturated heterocycles. The number of aryl methyl sites for hydroxylation is 1. The van der Waals surface area contributed by atoms with Gasteiger partial charge in [-0.3, -0.25) is 9.59 Å². The summed E-state index contributed by atoms with van der Waals surface area (Å²) in [7, 11) is 0. The summed E-state index contributed by atoms with van der Waals surface area (Å²) < 4.78 is 0. The molecule has 5 nitrogen and oxygen atoms in total. The van der Waals surface area contributed by atoms with Crippen molar-refractivity contribution in [3.05, 3.63) is 53.1 Å². The minimum Gasteiger partial charge on any atom is -0.374 e. The number of nitrogens with zero attached hydrogens (tertiary/aromatic N) is 1. The Hall–Kier alpha value is -2.53. The molecule has 0 radical (unpaired) electrons. The molecule has 1 heterocycles. The van der Waals surface area contributed by atoms with Crippen LogP contribution in [0, 0.1) is 6.92 Å². The summed E-state index contributed by atoms with van der Waals surface area (Å²) in [4.78, 5) is 26.1. The fraction of sp³-hybridized carbons (Fsp3) is 0.300. The third kappa shape index (κ3) is 4.17.